The van der Waals surface area contributed by atoms with Crippen molar-refractivity contribution in [2.45, 2.75) is 57.2 Å². The molecule has 1 amide bonds. The number of likely N-dealkylation sites (tertiary alicyclic amines) is 1. The van der Waals surface area contributed by atoms with E-state index in [0.717, 1.165) is 31.6 Å². The number of hydrogen-bond donors (Lipinski definition) is 1. The first-order chi connectivity index (χ1) is 11.8. The van der Waals surface area contributed by atoms with Crippen LogP contribution >= 0.6 is 0 Å². The van der Waals surface area contributed by atoms with Gasteiger partial charge in [-0.25, -0.2) is 0 Å². The second-order valence-corrected chi connectivity index (χ2v) is 7.47. The van der Waals surface area contributed by atoms with Crippen LogP contribution in [0.15, 0.2) is 24.4 Å². The van der Waals surface area contributed by atoms with Crippen molar-refractivity contribution in [2.75, 3.05) is 19.7 Å². The third kappa shape index (κ3) is 2.95. The van der Waals surface area contributed by atoms with Crippen molar-refractivity contribution in [3.05, 3.63) is 30.1 Å². The number of pyridine rings is 1. The highest BCUT2D eigenvalue weighted by Crippen LogP contribution is 2.43. The Balaban J connectivity index is 1.46. The zero-order valence-corrected chi connectivity index (χ0v) is 14.2. The van der Waals surface area contributed by atoms with E-state index in [1.807, 2.05) is 18.2 Å². The summed E-state index contributed by atoms with van der Waals surface area (Å²) in [4.78, 5) is 20.0. The number of rotatable bonds is 4. The van der Waals surface area contributed by atoms with Gasteiger partial charge in [0.15, 0.2) is 0 Å². The smallest absolute Gasteiger partial charge is 0.230 e. The van der Waals surface area contributed by atoms with Crippen molar-refractivity contribution in [2.24, 2.45) is 5.41 Å². The molecule has 2 atom stereocenters. The number of hydrogen-bond acceptors (Lipinski definition) is 4. The van der Waals surface area contributed by atoms with E-state index in [1.165, 1.54) is 25.7 Å². The standard InChI is InChI=1S/C19H27N3O2/c23-18(21-13-15-5-3-4-10-20-15)19-9-12-24-17(19)8-11-22(14-19)16-6-1-2-7-16/h3-5,10,16-17H,1-2,6-9,11-14H2,(H,21,23)/t17-,19-/m1/s1. The van der Waals surface area contributed by atoms with Crippen LogP contribution in [0.2, 0.25) is 0 Å². The van der Waals surface area contributed by atoms with E-state index >= 15 is 0 Å². The molecule has 1 aliphatic carbocycles. The molecule has 0 bridgehead atoms. The number of carbonyl (C=O) groups is 1. The topological polar surface area (TPSA) is 54.5 Å². The molecule has 24 heavy (non-hydrogen) atoms. The lowest BCUT2D eigenvalue weighted by atomic mass is 9.75. The molecule has 0 aromatic carbocycles. The molecule has 5 nitrogen and oxygen atoms in total. The lowest BCUT2D eigenvalue weighted by Gasteiger charge is -2.44. The molecule has 1 aromatic rings. The molecule has 2 aliphatic heterocycles. The van der Waals surface area contributed by atoms with Gasteiger partial charge >= 0.3 is 0 Å². The first-order valence-corrected chi connectivity index (χ1v) is 9.32. The fraction of sp³-hybridized carbons (Fsp3) is 0.684. The van der Waals surface area contributed by atoms with Gasteiger partial charge in [0, 0.05) is 31.9 Å². The van der Waals surface area contributed by atoms with Gasteiger partial charge < -0.3 is 10.1 Å². The maximum Gasteiger partial charge on any atom is 0.230 e. The average Bonchev–Trinajstić information content (AvgIpc) is 3.29. The molecule has 1 aromatic heterocycles. The molecule has 130 valence electrons. The number of piperidine rings is 1. The minimum absolute atomic E-state index is 0.0823. The van der Waals surface area contributed by atoms with Gasteiger partial charge in [0.1, 0.15) is 0 Å². The zero-order valence-electron chi connectivity index (χ0n) is 14.2. The van der Waals surface area contributed by atoms with E-state index in [-0.39, 0.29) is 17.4 Å². The van der Waals surface area contributed by atoms with Crippen molar-refractivity contribution in [1.82, 2.24) is 15.2 Å². The lowest BCUT2D eigenvalue weighted by Crippen LogP contribution is -2.58. The number of nitrogens with zero attached hydrogens (tertiary/aromatic N) is 2. The fourth-order valence-electron chi connectivity index (χ4n) is 4.73. The van der Waals surface area contributed by atoms with Gasteiger partial charge in [-0.2, -0.15) is 0 Å². The van der Waals surface area contributed by atoms with Gasteiger partial charge in [-0.05, 0) is 37.8 Å². The Morgan fingerprint density at radius 1 is 1.33 bits per heavy atom. The van der Waals surface area contributed by atoms with Crippen LogP contribution in [0.4, 0.5) is 0 Å². The van der Waals surface area contributed by atoms with E-state index in [4.69, 9.17) is 4.74 Å². The molecule has 1 N–H and O–H groups in total. The summed E-state index contributed by atoms with van der Waals surface area (Å²) in [5.74, 6) is 0.151. The SMILES string of the molecule is O=C(NCc1ccccn1)[C@@]12CCO[C@@H]1CCN(C1CCCC1)C2. The third-order valence-corrected chi connectivity index (χ3v) is 6.10. The van der Waals surface area contributed by atoms with Gasteiger partial charge in [0.05, 0.1) is 23.8 Å². The van der Waals surface area contributed by atoms with Gasteiger partial charge in [0.25, 0.3) is 0 Å². The van der Waals surface area contributed by atoms with Crippen molar-refractivity contribution in [3.63, 3.8) is 0 Å². The minimum Gasteiger partial charge on any atom is -0.377 e. The Labute approximate surface area is 143 Å². The summed E-state index contributed by atoms with van der Waals surface area (Å²) in [5.41, 5.74) is 0.538. The molecule has 3 fully saturated rings. The Hall–Kier alpha value is -1.46. The summed E-state index contributed by atoms with van der Waals surface area (Å²) < 4.78 is 5.94. The molecular formula is C19H27N3O2. The number of aromatic nitrogens is 1. The van der Waals surface area contributed by atoms with Crippen molar-refractivity contribution >= 4 is 5.91 Å². The molecule has 3 aliphatic rings. The molecule has 0 spiro atoms. The van der Waals surface area contributed by atoms with Crippen LogP contribution in [-0.4, -0.2) is 47.6 Å². The Kier molecular flexibility index (Phi) is 4.55. The second kappa shape index (κ2) is 6.81. The predicted octanol–water partition coefficient (Wildman–Crippen LogP) is 2.12. The van der Waals surface area contributed by atoms with Crippen LogP contribution < -0.4 is 5.32 Å². The summed E-state index contributed by atoms with van der Waals surface area (Å²) in [5, 5.41) is 3.13. The number of fused-ring (bicyclic) bond motifs is 1. The molecule has 2 saturated heterocycles. The van der Waals surface area contributed by atoms with Gasteiger partial charge in [-0.1, -0.05) is 18.9 Å². The lowest BCUT2D eigenvalue weighted by molar-refractivity contribution is -0.140. The average molecular weight is 329 g/mol. The molecule has 0 unspecified atom stereocenters. The van der Waals surface area contributed by atoms with E-state index in [2.05, 4.69) is 15.2 Å². The summed E-state index contributed by atoms with van der Waals surface area (Å²) in [6.45, 7) is 3.14. The second-order valence-electron chi connectivity index (χ2n) is 7.47. The molecule has 0 radical (unpaired) electrons. The summed E-state index contributed by atoms with van der Waals surface area (Å²) in [6, 6.07) is 6.47. The molecule has 5 heteroatoms. The highest BCUT2D eigenvalue weighted by molar-refractivity contribution is 5.84. The normalized spacial score (nSPS) is 31.1. The van der Waals surface area contributed by atoms with E-state index < -0.39 is 0 Å². The summed E-state index contributed by atoms with van der Waals surface area (Å²) in [7, 11) is 0. The Morgan fingerprint density at radius 3 is 3.00 bits per heavy atom. The van der Waals surface area contributed by atoms with Gasteiger partial charge in [-0.15, -0.1) is 0 Å². The summed E-state index contributed by atoms with van der Waals surface area (Å²) >= 11 is 0. The number of ether oxygens (including phenoxy) is 1. The van der Waals surface area contributed by atoms with E-state index in [0.29, 0.717) is 19.2 Å². The first kappa shape index (κ1) is 16.0. The van der Waals surface area contributed by atoms with Crippen molar-refractivity contribution in [1.29, 1.82) is 0 Å². The van der Waals surface area contributed by atoms with Crippen LogP contribution in [0.1, 0.15) is 44.2 Å². The van der Waals surface area contributed by atoms with Crippen LogP contribution in [0.5, 0.6) is 0 Å². The number of nitrogens with one attached hydrogen (secondary N) is 1. The summed E-state index contributed by atoms with van der Waals surface area (Å²) in [6.07, 6.45) is 8.92. The van der Waals surface area contributed by atoms with E-state index in [1.54, 1.807) is 6.20 Å². The monoisotopic (exact) mass is 329 g/mol. The first-order valence-electron chi connectivity index (χ1n) is 9.32. The predicted molar refractivity (Wildman–Crippen MR) is 91.3 cm³/mol. The highest BCUT2D eigenvalue weighted by Gasteiger charge is 2.53. The van der Waals surface area contributed by atoms with Crippen molar-refractivity contribution in [3.8, 4) is 0 Å². The Bertz CT molecular complexity index is 573. The zero-order chi connectivity index (χ0) is 16.4. The van der Waals surface area contributed by atoms with Gasteiger partial charge in [-0.3, -0.25) is 14.7 Å². The molecule has 4 rings (SSSR count). The highest BCUT2D eigenvalue weighted by atomic mass is 16.5. The minimum atomic E-state index is -0.365. The van der Waals surface area contributed by atoms with Crippen LogP contribution in [0.3, 0.4) is 0 Å². The third-order valence-electron chi connectivity index (χ3n) is 6.10. The maximum absolute atomic E-state index is 13.1. The van der Waals surface area contributed by atoms with Crippen molar-refractivity contribution < 1.29 is 9.53 Å². The maximum atomic E-state index is 13.1. The molecular weight excluding hydrogens is 302 g/mol. The van der Waals surface area contributed by atoms with Gasteiger partial charge in [0.2, 0.25) is 5.91 Å². The molecule has 3 heterocycles. The number of carbonyl (C=O) groups excluding carboxylic acids is 1. The number of amides is 1. The van der Waals surface area contributed by atoms with Crippen LogP contribution in [0.25, 0.3) is 0 Å². The fourth-order valence-corrected chi connectivity index (χ4v) is 4.73. The Morgan fingerprint density at radius 2 is 2.21 bits per heavy atom. The quantitative estimate of drug-likeness (QED) is 0.919. The largest absolute Gasteiger partial charge is 0.377 e. The van der Waals surface area contributed by atoms with E-state index in [9.17, 15) is 4.79 Å². The van der Waals surface area contributed by atoms with Crippen LogP contribution in [-0.2, 0) is 16.1 Å². The van der Waals surface area contributed by atoms with Crippen LogP contribution in [0, 0.1) is 5.41 Å². The molecule has 1 saturated carbocycles.